The molecule has 0 bridgehead atoms. The van der Waals surface area contributed by atoms with Crippen LogP contribution in [0, 0.1) is 5.41 Å². The van der Waals surface area contributed by atoms with Crippen LogP contribution in [-0.4, -0.2) is 22.2 Å². The fourth-order valence-corrected chi connectivity index (χ4v) is 2.62. The van der Waals surface area contributed by atoms with Crippen molar-refractivity contribution < 1.29 is 4.79 Å². The van der Waals surface area contributed by atoms with Crippen LogP contribution in [0.4, 0.5) is 5.69 Å². The van der Waals surface area contributed by atoms with Crippen LogP contribution in [0.1, 0.15) is 33.6 Å². The molecule has 0 aliphatic heterocycles. The Morgan fingerprint density at radius 1 is 1.33 bits per heavy atom. The molecule has 1 aromatic heterocycles. The van der Waals surface area contributed by atoms with E-state index in [4.69, 9.17) is 5.73 Å². The van der Waals surface area contributed by atoms with Gasteiger partial charge in [-0.3, -0.25) is 9.48 Å². The monoisotopic (exact) mass is 288 g/mol. The lowest BCUT2D eigenvalue weighted by Crippen LogP contribution is -2.41. The molecule has 5 nitrogen and oxygen atoms in total. The van der Waals surface area contributed by atoms with E-state index >= 15 is 0 Å². The zero-order valence-electron chi connectivity index (χ0n) is 13.0. The zero-order valence-corrected chi connectivity index (χ0v) is 13.0. The first-order chi connectivity index (χ1) is 10.1. The molecule has 0 atom stereocenters. The van der Waals surface area contributed by atoms with Crippen LogP contribution < -0.4 is 11.1 Å². The van der Waals surface area contributed by atoms with Crippen LogP contribution in [0.15, 0.2) is 24.4 Å². The van der Waals surface area contributed by atoms with Crippen molar-refractivity contribution >= 4 is 22.5 Å². The van der Waals surface area contributed by atoms with E-state index in [9.17, 15) is 4.79 Å². The lowest BCUT2D eigenvalue weighted by atomic mass is 9.81. The molecule has 3 N–H and O–H groups in total. The summed E-state index contributed by atoms with van der Waals surface area (Å²) in [5.41, 5.74) is 7.17. The molecule has 1 amide bonds. The minimum Gasteiger partial charge on any atom is -0.329 e. The van der Waals surface area contributed by atoms with Gasteiger partial charge >= 0.3 is 0 Å². The van der Waals surface area contributed by atoms with Crippen LogP contribution in [-0.2, 0) is 11.3 Å². The number of nitrogens with two attached hydrogens (primary N) is 1. The number of aryl methyl sites for hydroxylation is 1. The molecule has 0 saturated carbocycles. The highest BCUT2D eigenvalue weighted by Gasteiger charge is 2.33. The lowest BCUT2D eigenvalue weighted by molar-refractivity contribution is -0.125. The van der Waals surface area contributed by atoms with Crippen molar-refractivity contribution in [2.75, 3.05) is 11.9 Å². The lowest BCUT2D eigenvalue weighted by Gasteiger charge is -2.28. The maximum absolute atomic E-state index is 12.5. The third kappa shape index (κ3) is 2.78. The summed E-state index contributed by atoms with van der Waals surface area (Å²) in [4.78, 5) is 12.5. The number of aromatic nitrogens is 2. The van der Waals surface area contributed by atoms with Gasteiger partial charge in [-0.1, -0.05) is 13.8 Å². The number of hydrogen-bond acceptors (Lipinski definition) is 3. The van der Waals surface area contributed by atoms with Gasteiger partial charge < -0.3 is 11.1 Å². The molecule has 0 unspecified atom stereocenters. The third-order valence-corrected chi connectivity index (χ3v) is 4.43. The van der Waals surface area contributed by atoms with Gasteiger partial charge in [-0.05, 0) is 38.0 Å². The van der Waals surface area contributed by atoms with Crippen molar-refractivity contribution in [1.29, 1.82) is 0 Å². The predicted octanol–water partition coefficient (Wildman–Crippen LogP) is 2.76. The number of carbonyl (C=O) groups excluding carboxylic acids is 1. The fourth-order valence-electron chi connectivity index (χ4n) is 2.62. The number of amides is 1. The SMILES string of the molecule is CCn1ncc2ccc(NC(=O)C(CC)(CC)CN)cc21. The normalized spacial score (nSPS) is 11.8. The Bertz CT molecular complexity index is 620. The summed E-state index contributed by atoms with van der Waals surface area (Å²) < 4.78 is 1.92. The molecule has 0 aliphatic carbocycles. The van der Waals surface area contributed by atoms with Gasteiger partial charge in [-0.15, -0.1) is 0 Å². The summed E-state index contributed by atoms with van der Waals surface area (Å²) >= 11 is 0. The van der Waals surface area contributed by atoms with E-state index in [2.05, 4.69) is 10.4 Å². The maximum atomic E-state index is 12.5. The van der Waals surface area contributed by atoms with Gasteiger partial charge in [0.05, 0.1) is 17.1 Å². The Labute approximate surface area is 125 Å². The minimum atomic E-state index is -0.486. The van der Waals surface area contributed by atoms with Crippen LogP contribution >= 0.6 is 0 Å². The quantitative estimate of drug-likeness (QED) is 0.858. The van der Waals surface area contributed by atoms with E-state index < -0.39 is 5.41 Å². The van der Waals surface area contributed by atoms with E-state index in [1.807, 2.05) is 49.8 Å². The molecule has 21 heavy (non-hydrogen) atoms. The number of rotatable bonds is 6. The summed E-state index contributed by atoms with van der Waals surface area (Å²) in [6.45, 7) is 7.22. The molecule has 0 spiro atoms. The second-order valence-corrected chi connectivity index (χ2v) is 5.38. The molecule has 1 aromatic carbocycles. The van der Waals surface area contributed by atoms with Gasteiger partial charge in [0.15, 0.2) is 0 Å². The molecule has 114 valence electrons. The van der Waals surface area contributed by atoms with Gasteiger partial charge in [-0.25, -0.2) is 0 Å². The molecular weight excluding hydrogens is 264 g/mol. The maximum Gasteiger partial charge on any atom is 0.231 e. The smallest absolute Gasteiger partial charge is 0.231 e. The second-order valence-electron chi connectivity index (χ2n) is 5.38. The standard InChI is InChI=1S/C16H24N4O/c1-4-16(5-2,11-17)15(21)19-13-8-7-12-10-18-20(6-3)14(12)9-13/h7-10H,4-6,11,17H2,1-3H3,(H,19,21). The Morgan fingerprint density at radius 2 is 2.05 bits per heavy atom. The summed E-state index contributed by atoms with van der Waals surface area (Å²) in [6, 6.07) is 5.86. The first-order valence-electron chi connectivity index (χ1n) is 7.57. The summed E-state index contributed by atoms with van der Waals surface area (Å²) in [6.07, 6.45) is 3.31. The predicted molar refractivity (Wildman–Crippen MR) is 86.1 cm³/mol. The number of hydrogen-bond donors (Lipinski definition) is 2. The molecule has 2 rings (SSSR count). The van der Waals surface area contributed by atoms with Crippen LogP contribution in [0.3, 0.4) is 0 Å². The number of fused-ring (bicyclic) bond motifs is 1. The van der Waals surface area contributed by atoms with Crippen molar-refractivity contribution in [3.63, 3.8) is 0 Å². The molecule has 1 heterocycles. The molecule has 0 radical (unpaired) electrons. The molecule has 0 fully saturated rings. The number of nitrogens with zero attached hydrogens (tertiary/aromatic N) is 2. The highest BCUT2D eigenvalue weighted by atomic mass is 16.2. The number of carbonyl (C=O) groups is 1. The number of nitrogens with one attached hydrogen (secondary N) is 1. The molecular formula is C16H24N4O. The van der Waals surface area contributed by atoms with E-state index in [1.54, 1.807) is 0 Å². The first-order valence-corrected chi connectivity index (χ1v) is 7.57. The van der Waals surface area contributed by atoms with E-state index in [0.717, 1.165) is 36.0 Å². The largest absolute Gasteiger partial charge is 0.329 e. The summed E-state index contributed by atoms with van der Waals surface area (Å²) in [5, 5.41) is 8.40. The summed E-state index contributed by atoms with van der Waals surface area (Å²) in [5.74, 6) is -0.00286. The van der Waals surface area contributed by atoms with Gasteiger partial charge in [0.1, 0.15) is 0 Å². The Morgan fingerprint density at radius 3 is 2.62 bits per heavy atom. The topological polar surface area (TPSA) is 72.9 Å². The number of anilines is 1. The second kappa shape index (κ2) is 6.26. The zero-order chi connectivity index (χ0) is 15.5. The molecule has 0 aliphatic rings. The summed E-state index contributed by atoms with van der Waals surface area (Å²) in [7, 11) is 0. The molecule has 2 aromatic rings. The van der Waals surface area contributed by atoms with Gasteiger partial charge in [0, 0.05) is 24.2 Å². The van der Waals surface area contributed by atoms with Gasteiger partial charge in [-0.2, -0.15) is 5.10 Å². The Kier molecular flexibility index (Phi) is 4.63. The fraction of sp³-hybridized carbons (Fsp3) is 0.500. The van der Waals surface area contributed by atoms with Crippen molar-refractivity contribution in [1.82, 2.24) is 9.78 Å². The van der Waals surface area contributed by atoms with E-state index in [0.29, 0.717) is 6.54 Å². The highest BCUT2D eigenvalue weighted by Crippen LogP contribution is 2.28. The average Bonchev–Trinajstić information content (AvgIpc) is 2.92. The van der Waals surface area contributed by atoms with Crippen LogP contribution in [0.25, 0.3) is 10.9 Å². The third-order valence-electron chi connectivity index (χ3n) is 4.43. The number of benzene rings is 1. The Hall–Kier alpha value is -1.88. The Balaban J connectivity index is 2.28. The van der Waals surface area contributed by atoms with Gasteiger partial charge in [0.2, 0.25) is 5.91 Å². The van der Waals surface area contributed by atoms with Crippen molar-refractivity contribution in [3.05, 3.63) is 24.4 Å². The van der Waals surface area contributed by atoms with E-state index in [-0.39, 0.29) is 5.91 Å². The highest BCUT2D eigenvalue weighted by molar-refractivity contribution is 5.97. The minimum absolute atomic E-state index is 0.00286. The molecule has 0 saturated heterocycles. The van der Waals surface area contributed by atoms with Crippen LogP contribution in [0.2, 0.25) is 0 Å². The van der Waals surface area contributed by atoms with Crippen molar-refractivity contribution in [3.8, 4) is 0 Å². The van der Waals surface area contributed by atoms with Crippen LogP contribution in [0.5, 0.6) is 0 Å². The van der Waals surface area contributed by atoms with Crippen molar-refractivity contribution in [2.45, 2.75) is 40.2 Å². The molecule has 5 heteroatoms. The van der Waals surface area contributed by atoms with Crippen molar-refractivity contribution in [2.24, 2.45) is 11.1 Å². The van der Waals surface area contributed by atoms with E-state index in [1.165, 1.54) is 0 Å². The first kappa shape index (κ1) is 15.5. The van der Waals surface area contributed by atoms with Gasteiger partial charge in [0.25, 0.3) is 0 Å². The average molecular weight is 288 g/mol.